The lowest BCUT2D eigenvalue weighted by Crippen LogP contribution is -2.50. The van der Waals surface area contributed by atoms with E-state index in [2.05, 4.69) is 20.8 Å². The van der Waals surface area contributed by atoms with Crippen LogP contribution in [0.2, 0.25) is 0 Å². The third-order valence-electron chi connectivity index (χ3n) is 5.15. The Bertz CT molecular complexity index is 715. The number of carbonyl (C=O) groups excluding carboxylic acids is 1. The van der Waals surface area contributed by atoms with Crippen molar-refractivity contribution in [1.29, 1.82) is 0 Å². The van der Waals surface area contributed by atoms with Crippen molar-refractivity contribution >= 4 is 6.03 Å². The van der Waals surface area contributed by atoms with E-state index in [0.717, 1.165) is 44.3 Å². The lowest BCUT2D eigenvalue weighted by atomic mass is 9.94. The normalized spacial score (nSPS) is 25.2. The Balaban J connectivity index is 1.30. The molecule has 4 rings (SSSR count). The summed E-state index contributed by atoms with van der Waals surface area (Å²) in [6.45, 7) is 0. The Morgan fingerprint density at radius 1 is 1.16 bits per heavy atom. The number of hydrogen-bond donors (Lipinski definition) is 3. The van der Waals surface area contributed by atoms with Crippen molar-refractivity contribution in [2.45, 2.75) is 56.7 Å². The van der Waals surface area contributed by atoms with Gasteiger partial charge >= 0.3 is 6.03 Å². The number of aryl methyl sites for hydroxylation is 1. The Morgan fingerprint density at radius 3 is 2.92 bits per heavy atom. The molecule has 0 aliphatic heterocycles. The molecule has 1 heterocycles. The number of hydrogen-bond acceptors (Lipinski definition) is 3. The van der Waals surface area contributed by atoms with Crippen molar-refractivity contribution in [3.63, 3.8) is 0 Å². The largest absolute Gasteiger partial charge is 0.488 e. The molecule has 0 unspecified atom stereocenters. The van der Waals surface area contributed by atoms with Gasteiger partial charge < -0.3 is 15.4 Å². The van der Waals surface area contributed by atoms with Crippen LogP contribution >= 0.6 is 0 Å². The molecule has 6 heteroatoms. The molecule has 1 saturated carbocycles. The van der Waals surface area contributed by atoms with E-state index in [1.165, 1.54) is 11.3 Å². The van der Waals surface area contributed by atoms with Crippen LogP contribution in [-0.4, -0.2) is 34.4 Å². The average Bonchev–Trinajstić information content (AvgIpc) is 3.25. The standard InChI is InChI=1S/C19H24N4O2/c24-19(21-14-9-10-16-13(11-14)12-20-23-16)22-17-7-4-8-18(17)25-15-5-2-1-3-6-15/h1-3,5-6,12,14,17-18H,4,7-11H2,(H,20,23)(H2,21,22,24)/t14-,17-,18-/m1/s1. The van der Waals surface area contributed by atoms with Gasteiger partial charge in [0, 0.05) is 11.7 Å². The average molecular weight is 340 g/mol. The molecule has 2 aromatic rings. The van der Waals surface area contributed by atoms with Gasteiger partial charge in [0.05, 0.1) is 12.2 Å². The maximum atomic E-state index is 12.4. The SMILES string of the molecule is O=C(N[C@@H]1CCc2[nH]ncc2C1)N[C@@H]1CCC[C@H]1Oc1ccccc1. The number of nitrogens with one attached hydrogen (secondary N) is 3. The minimum Gasteiger partial charge on any atom is -0.488 e. The molecule has 0 radical (unpaired) electrons. The highest BCUT2D eigenvalue weighted by Crippen LogP contribution is 2.25. The predicted molar refractivity (Wildman–Crippen MR) is 94.6 cm³/mol. The zero-order chi connectivity index (χ0) is 17.1. The highest BCUT2D eigenvalue weighted by Gasteiger charge is 2.31. The number of amides is 2. The van der Waals surface area contributed by atoms with Crippen LogP contribution in [0.3, 0.4) is 0 Å². The van der Waals surface area contributed by atoms with Gasteiger partial charge in [-0.3, -0.25) is 5.10 Å². The molecule has 25 heavy (non-hydrogen) atoms. The Hall–Kier alpha value is -2.50. The van der Waals surface area contributed by atoms with Gasteiger partial charge in [-0.25, -0.2) is 4.79 Å². The van der Waals surface area contributed by atoms with Crippen molar-refractivity contribution in [1.82, 2.24) is 20.8 Å². The van der Waals surface area contributed by atoms with E-state index in [1.54, 1.807) is 0 Å². The fourth-order valence-corrected chi connectivity index (χ4v) is 3.84. The number of fused-ring (bicyclic) bond motifs is 1. The zero-order valence-electron chi connectivity index (χ0n) is 14.2. The molecule has 0 saturated heterocycles. The molecule has 2 aliphatic carbocycles. The van der Waals surface area contributed by atoms with Crippen LogP contribution in [0.25, 0.3) is 0 Å². The van der Waals surface area contributed by atoms with Gasteiger partial charge in [0.1, 0.15) is 11.9 Å². The molecule has 6 nitrogen and oxygen atoms in total. The lowest BCUT2D eigenvalue weighted by Gasteiger charge is -2.26. The highest BCUT2D eigenvalue weighted by atomic mass is 16.5. The van der Waals surface area contributed by atoms with Gasteiger partial charge in [0.25, 0.3) is 0 Å². The van der Waals surface area contributed by atoms with E-state index < -0.39 is 0 Å². The predicted octanol–water partition coefficient (Wildman–Crippen LogP) is 2.57. The molecule has 1 aromatic heterocycles. The third kappa shape index (κ3) is 3.78. The molecule has 2 aliphatic rings. The van der Waals surface area contributed by atoms with E-state index in [-0.39, 0.29) is 24.2 Å². The molecular weight excluding hydrogens is 316 g/mol. The molecule has 3 atom stereocenters. The number of carbonyl (C=O) groups is 1. The number of para-hydroxylation sites is 1. The molecule has 3 N–H and O–H groups in total. The van der Waals surface area contributed by atoms with E-state index in [9.17, 15) is 4.79 Å². The van der Waals surface area contributed by atoms with Gasteiger partial charge in [-0.1, -0.05) is 18.2 Å². The molecule has 0 bridgehead atoms. The monoisotopic (exact) mass is 340 g/mol. The molecule has 1 fully saturated rings. The second-order valence-corrected chi connectivity index (χ2v) is 6.94. The summed E-state index contributed by atoms with van der Waals surface area (Å²) >= 11 is 0. The van der Waals surface area contributed by atoms with Crippen LogP contribution < -0.4 is 15.4 Å². The first-order valence-corrected chi connectivity index (χ1v) is 9.08. The summed E-state index contributed by atoms with van der Waals surface area (Å²) < 4.78 is 6.06. The number of urea groups is 1. The maximum absolute atomic E-state index is 12.4. The number of aromatic nitrogens is 2. The summed E-state index contributed by atoms with van der Waals surface area (Å²) in [5.74, 6) is 0.862. The number of nitrogens with zero attached hydrogens (tertiary/aromatic N) is 1. The van der Waals surface area contributed by atoms with Crippen LogP contribution in [0.5, 0.6) is 5.75 Å². The number of H-pyrrole nitrogens is 1. The smallest absolute Gasteiger partial charge is 0.315 e. The first kappa shape index (κ1) is 16.0. The van der Waals surface area contributed by atoms with Gasteiger partial charge in [-0.05, 0) is 56.2 Å². The first-order chi connectivity index (χ1) is 12.3. The fraction of sp³-hybridized carbons (Fsp3) is 0.474. The summed E-state index contributed by atoms with van der Waals surface area (Å²) in [5, 5.41) is 13.3. The zero-order valence-corrected chi connectivity index (χ0v) is 14.2. The molecule has 2 amide bonds. The summed E-state index contributed by atoms with van der Waals surface area (Å²) in [6, 6.07) is 9.96. The molecule has 1 aromatic carbocycles. The summed E-state index contributed by atoms with van der Waals surface area (Å²) in [4.78, 5) is 12.4. The van der Waals surface area contributed by atoms with Crippen molar-refractivity contribution in [2.75, 3.05) is 0 Å². The van der Waals surface area contributed by atoms with Crippen molar-refractivity contribution in [2.24, 2.45) is 0 Å². The van der Waals surface area contributed by atoms with Gasteiger partial charge in [-0.15, -0.1) is 0 Å². The quantitative estimate of drug-likeness (QED) is 0.800. The number of ether oxygens (including phenoxy) is 1. The van der Waals surface area contributed by atoms with Crippen LogP contribution in [-0.2, 0) is 12.8 Å². The van der Waals surface area contributed by atoms with Crippen LogP contribution in [0.1, 0.15) is 36.9 Å². The Morgan fingerprint density at radius 2 is 2.04 bits per heavy atom. The summed E-state index contributed by atoms with van der Waals surface area (Å²) in [6.07, 6.45) is 7.63. The third-order valence-corrected chi connectivity index (χ3v) is 5.15. The highest BCUT2D eigenvalue weighted by molar-refractivity contribution is 5.74. The van der Waals surface area contributed by atoms with Crippen molar-refractivity contribution in [3.05, 3.63) is 47.8 Å². The van der Waals surface area contributed by atoms with Crippen molar-refractivity contribution < 1.29 is 9.53 Å². The number of rotatable bonds is 4. The number of aromatic amines is 1. The van der Waals surface area contributed by atoms with E-state index in [0.29, 0.717) is 0 Å². The Labute approximate surface area is 147 Å². The summed E-state index contributed by atoms with van der Waals surface area (Å²) in [5.41, 5.74) is 2.41. The van der Waals surface area contributed by atoms with Crippen molar-refractivity contribution in [3.8, 4) is 5.75 Å². The van der Waals surface area contributed by atoms with Gasteiger partial charge in [0.2, 0.25) is 0 Å². The molecule has 0 spiro atoms. The van der Waals surface area contributed by atoms with E-state index >= 15 is 0 Å². The first-order valence-electron chi connectivity index (χ1n) is 9.08. The topological polar surface area (TPSA) is 79.0 Å². The van der Waals surface area contributed by atoms with E-state index in [1.807, 2.05) is 36.5 Å². The van der Waals surface area contributed by atoms with Crippen LogP contribution in [0, 0.1) is 0 Å². The van der Waals surface area contributed by atoms with Gasteiger partial charge in [-0.2, -0.15) is 5.10 Å². The van der Waals surface area contributed by atoms with Crippen LogP contribution in [0.15, 0.2) is 36.5 Å². The maximum Gasteiger partial charge on any atom is 0.315 e. The molecule has 132 valence electrons. The van der Waals surface area contributed by atoms with E-state index in [4.69, 9.17) is 4.74 Å². The fourth-order valence-electron chi connectivity index (χ4n) is 3.84. The number of benzene rings is 1. The Kier molecular flexibility index (Phi) is 4.59. The molecular formula is C19H24N4O2. The minimum atomic E-state index is -0.0921. The second-order valence-electron chi connectivity index (χ2n) is 6.94. The second kappa shape index (κ2) is 7.17. The van der Waals surface area contributed by atoms with Crippen LogP contribution in [0.4, 0.5) is 4.79 Å². The summed E-state index contributed by atoms with van der Waals surface area (Å²) in [7, 11) is 0. The van der Waals surface area contributed by atoms with Gasteiger partial charge in [0.15, 0.2) is 0 Å². The minimum absolute atomic E-state index is 0.0417. The lowest BCUT2D eigenvalue weighted by molar-refractivity contribution is 0.171.